The molecule has 1 aliphatic heterocycles. The first-order valence-electron chi connectivity index (χ1n) is 7.41. The zero-order chi connectivity index (χ0) is 13.1. The third-order valence-corrected chi connectivity index (χ3v) is 3.20. The molecule has 1 heterocycles. The molecule has 17 heavy (non-hydrogen) atoms. The Bertz CT molecular complexity index is 183. The van der Waals surface area contributed by atoms with E-state index >= 15 is 0 Å². The highest BCUT2D eigenvalue weighted by Gasteiger charge is 2.19. The molecule has 0 bridgehead atoms. The molecular formula is C15H31NO. The van der Waals surface area contributed by atoms with Gasteiger partial charge in [0.1, 0.15) is 5.78 Å². The predicted octanol–water partition coefficient (Wildman–Crippen LogP) is 3.89. The fourth-order valence-corrected chi connectivity index (χ4v) is 2.21. The van der Waals surface area contributed by atoms with E-state index in [1.54, 1.807) is 0 Å². The second-order valence-corrected chi connectivity index (χ2v) is 5.08. The SMILES string of the molecule is CCC.CCCC(=O)CC1CCN(CC)CC1. The van der Waals surface area contributed by atoms with Gasteiger partial charge in [-0.2, -0.15) is 0 Å². The smallest absolute Gasteiger partial charge is 0.133 e. The number of hydrogen-bond acceptors (Lipinski definition) is 2. The number of piperidine rings is 1. The number of nitrogens with zero attached hydrogens (tertiary/aromatic N) is 1. The van der Waals surface area contributed by atoms with Gasteiger partial charge < -0.3 is 4.90 Å². The average Bonchev–Trinajstić information content (AvgIpc) is 2.31. The largest absolute Gasteiger partial charge is 0.304 e. The van der Waals surface area contributed by atoms with E-state index in [1.165, 1.54) is 32.4 Å². The lowest BCUT2D eigenvalue weighted by Crippen LogP contribution is -2.34. The van der Waals surface area contributed by atoms with Crippen molar-refractivity contribution in [2.24, 2.45) is 5.92 Å². The Hall–Kier alpha value is -0.370. The zero-order valence-electron chi connectivity index (χ0n) is 12.3. The Labute approximate surface area is 108 Å². The van der Waals surface area contributed by atoms with Crippen molar-refractivity contribution in [3.8, 4) is 0 Å². The minimum Gasteiger partial charge on any atom is -0.304 e. The van der Waals surface area contributed by atoms with Gasteiger partial charge in [-0.25, -0.2) is 0 Å². The Morgan fingerprint density at radius 3 is 2.06 bits per heavy atom. The van der Waals surface area contributed by atoms with Gasteiger partial charge in [-0.3, -0.25) is 4.79 Å². The van der Waals surface area contributed by atoms with Gasteiger partial charge >= 0.3 is 0 Å². The molecule has 0 N–H and O–H groups in total. The summed E-state index contributed by atoms with van der Waals surface area (Å²) in [5.74, 6) is 1.15. The Balaban J connectivity index is 0.000000770. The van der Waals surface area contributed by atoms with Crippen molar-refractivity contribution in [3.63, 3.8) is 0 Å². The van der Waals surface area contributed by atoms with Crippen molar-refractivity contribution in [2.75, 3.05) is 19.6 Å². The minimum atomic E-state index is 0.474. The molecule has 1 aliphatic rings. The van der Waals surface area contributed by atoms with E-state index in [1.807, 2.05) is 0 Å². The third-order valence-electron chi connectivity index (χ3n) is 3.20. The van der Waals surface area contributed by atoms with Gasteiger partial charge in [0, 0.05) is 12.8 Å². The second-order valence-electron chi connectivity index (χ2n) is 5.08. The van der Waals surface area contributed by atoms with E-state index in [4.69, 9.17) is 0 Å². The standard InChI is InChI=1S/C12H23NO.C3H8/c1-3-5-12(14)10-11-6-8-13(4-2)9-7-11;1-3-2/h11H,3-10H2,1-2H3;3H2,1-2H3. The summed E-state index contributed by atoms with van der Waals surface area (Å²) in [4.78, 5) is 13.9. The van der Waals surface area contributed by atoms with Crippen LogP contribution in [0.3, 0.4) is 0 Å². The van der Waals surface area contributed by atoms with Crippen LogP contribution in [0.5, 0.6) is 0 Å². The molecule has 0 saturated carbocycles. The lowest BCUT2D eigenvalue weighted by molar-refractivity contribution is -0.120. The van der Waals surface area contributed by atoms with Gasteiger partial charge in [-0.05, 0) is 44.8 Å². The molecule has 2 nitrogen and oxygen atoms in total. The van der Waals surface area contributed by atoms with Gasteiger partial charge in [0.25, 0.3) is 0 Å². The number of carbonyl (C=O) groups excluding carboxylic acids is 1. The van der Waals surface area contributed by atoms with Crippen LogP contribution in [-0.2, 0) is 4.79 Å². The summed E-state index contributed by atoms with van der Waals surface area (Å²) < 4.78 is 0. The zero-order valence-corrected chi connectivity index (χ0v) is 12.3. The van der Waals surface area contributed by atoms with Crippen LogP contribution in [0.15, 0.2) is 0 Å². The van der Waals surface area contributed by atoms with Crippen LogP contribution >= 0.6 is 0 Å². The van der Waals surface area contributed by atoms with E-state index in [-0.39, 0.29) is 0 Å². The van der Waals surface area contributed by atoms with Crippen molar-refractivity contribution in [3.05, 3.63) is 0 Å². The number of carbonyl (C=O) groups is 1. The predicted molar refractivity (Wildman–Crippen MR) is 75.3 cm³/mol. The molecule has 102 valence electrons. The molecule has 0 aromatic rings. The first-order valence-corrected chi connectivity index (χ1v) is 7.41. The van der Waals surface area contributed by atoms with Crippen LogP contribution in [-0.4, -0.2) is 30.3 Å². The molecule has 0 unspecified atom stereocenters. The van der Waals surface area contributed by atoms with Gasteiger partial charge in [-0.15, -0.1) is 0 Å². The van der Waals surface area contributed by atoms with Crippen molar-refractivity contribution in [2.45, 2.75) is 66.2 Å². The quantitative estimate of drug-likeness (QED) is 0.727. The molecule has 0 atom stereocenters. The first-order chi connectivity index (χ1) is 8.17. The van der Waals surface area contributed by atoms with E-state index < -0.39 is 0 Å². The molecule has 1 fully saturated rings. The Kier molecular flexibility index (Phi) is 10.5. The normalized spacial score (nSPS) is 17.4. The number of rotatable bonds is 5. The average molecular weight is 241 g/mol. The lowest BCUT2D eigenvalue weighted by atomic mass is 9.91. The fraction of sp³-hybridized carbons (Fsp3) is 0.933. The molecule has 2 heteroatoms. The first kappa shape index (κ1) is 16.6. The van der Waals surface area contributed by atoms with Crippen molar-refractivity contribution in [1.29, 1.82) is 0 Å². The maximum Gasteiger partial charge on any atom is 0.133 e. The summed E-state index contributed by atoms with van der Waals surface area (Å²) in [6.07, 6.45) is 6.33. The van der Waals surface area contributed by atoms with E-state index in [0.717, 1.165) is 25.8 Å². The highest BCUT2D eigenvalue weighted by atomic mass is 16.1. The van der Waals surface area contributed by atoms with Gasteiger partial charge in [0.15, 0.2) is 0 Å². The molecule has 0 aliphatic carbocycles. The number of ketones is 1. The summed E-state index contributed by atoms with van der Waals surface area (Å²) in [7, 11) is 0. The molecule has 1 rings (SSSR count). The van der Waals surface area contributed by atoms with Crippen molar-refractivity contribution < 1.29 is 4.79 Å². The van der Waals surface area contributed by atoms with Crippen molar-refractivity contribution in [1.82, 2.24) is 4.90 Å². The molecule has 0 aromatic heterocycles. The molecule has 0 aromatic carbocycles. The second kappa shape index (κ2) is 10.8. The summed E-state index contributed by atoms with van der Waals surface area (Å²) in [5.41, 5.74) is 0. The highest BCUT2D eigenvalue weighted by Crippen LogP contribution is 2.21. The van der Waals surface area contributed by atoms with Crippen molar-refractivity contribution >= 4 is 5.78 Å². The van der Waals surface area contributed by atoms with Crippen LogP contribution in [0.25, 0.3) is 0 Å². The van der Waals surface area contributed by atoms with E-state index in [9.17, 15) is 4.79 Å². The van der Waals surface area contributed by atoms with Crippen LogP contribution in [0.4, 0.5) is 0 Å². The molecule has 0 spiro atoms. The molecule has 0 radical (unpaired) electrons. The van der Waals surface area contributed by atoms with Crippen LogP contribution in [0.2, 0.25) is 0 Å². The molecule has 1 saturated heterocycles. The van der Waals surface area contributed by atoms with Crippen LogP contribution < -0.4 is 0 Å². The van der Waals surface area contributed by atoms with Gasteiger partial charge in [0.05, 0.1) is 0 Å². The summed E-state index contributed by atoms with van der Waals surface area (Å²) in [5, 5.41) is 0. The van der Waals surface area contributed by atoms with Gasteiger partial charge in [-0.1, -0.05) is 34.1 Å². The lowest BCUT2D eigenvalue weighted by Gasteiger charge is -2.30. The summed E-state index contributed by atoms with van der Waals surface area (Å²) in [6, 6.07) is 0. The molecule has 0 amide bonds. The minimum absolute atomic E-state index is 0.474. The van der Waals surface area contributed by atoms with Crippen LogP contribution in [0.1, 0.15) is 66.2 Å². The van der Waals surface area contributed by atoms with E-state index in [2.05, 4.69) is 32.6 Å². The maximum absolute atomic E-state index is 11.4. The third kappa shape index (κ3) is 8.37. The number of Topliss-reactive ketones (excluding diaryl/α,β-unsaturated/α-hetero) is 1. The number of hydrogen-bond donors (Lipinski definition) is 0. The van der Waals surface area contributed by atoms with Crippen LogP contribution in [0, 0.1) is 5.92 Å². The Morgan fingerprint density at radius 1 is 1.12 bits per heavy atom. The Morgan fingerprint density at radius 2 is 1.65 bits per heavy atom. The maximum atomic E-state index is 11.4. The topological polar surface area (TPSA) is 20.3 Å². The monoisotopic (exact) mass is 241 g/mol. The van der Waals surface area contributed by atoms with Gasteiger partial charge in [0.2, 0.25) is 0 Å². The van der Waals surface area contributed by atoms with E-state index in [0.29, 0.717) is 11.7 Å². The summed E-state index contributed by atoms with van der Waals surface area (Å²) in [6.45, 7) is 12.1. The fourth-order valence-electron chi connectivity index (χ4n) is 2.21. The highest BCUT2D eigenvalue weighted by molar-refractivity contribution is 5.78. The summed E-state index contributed by atoms with van der Waals surface area (Å²) >= 11 is 0. The number of likely N-dealkylation sites (tertiary alicyclic amines) is 1. The molecular weight excluding hydrogens is 210 g/mol.